The molecule has 104 valence electrons. The van der Waals surface area contributed by atoms with Gasteiger partial charge in [0, 0.05) is 18.7 Å². The highest BCUT2D eigenvalue weighted by molar-refractivity contribution is 8.18. The van der Waals surface area contributed by atoms with Crippen molar-refractivity contribution in [2.24, 2.45) is 0 Å². The zero-order valence-electron chi connectivity index (χ0n) is 10.8. The number of hydrogen-bond donors (Lipinski definition) is 0. The third-order valence-electron chi connectivity index (χ3n) is 3.00. The van der Waals surface area contributed by atoms with E-state index in [1.165, 1.54) is 14.2 Å². The average Bonchev–Trinajstić information content (AvgIpc) is 2.98. The second kappa shape index (κ2) is 4.75. The van der Waals surface area contributed by atoms with Gasteiger partial charge in [-0.2, -0.15) is 0 Å². The van der Waals surface area contributed by atoms with Crippen molar-refractivity contribution in [3.05, 3.63) is 22.6 Å². The number of methoxy groups -OCH3 is 1. The highest BCUT2D eigenvalue weighted by Crippen LogP contribution is 2.40. The molecule has 0 aliphatic carbocycles. The Hall–Kier alpha value is -2.15. The SMILES string of the molecule is COc1cc2c(cc1/C=C1\SC(=O)N(C)C1=O)OCO2. The predicted molar refractivity (Wildman–Crippen MR) is 72.9 cm³/mol. The van der Waals surface area contributed by atoms with E-state index in [1.807, 2.05) is 0 Å². The number of carbonyl (C=O) groups is 2. The Balaban J connectivity index is 2.03. The number of carbonyl (C=O) groups excluding carboxylic acids is 2. The van der Waals surface area contributed by atoms with Crippen LogP contribution in [-0.2, 0) is 4.79 Å². The van der Waals surface area contributed by atoms with Crippen LogP contribution < -0.4 is 14.2 Å². The molecule has 6 nitrogen and oxygen atoms in total. The second-order valence-corrected chi connectivity index (χ2v) is 5.18. The fourth-order valence-electron chi connectivity index (χ4n) is 1.92. The first-order valence-electron chi connectivity index (χ1n) is 5.79. The number of thioether (sulfide) groups is 1. The molecule has 0 bridgehead atoms. The molecule has 0 atom stereocenters. The zero-order valence-corrected chi connectivity index (χ0v) is 11.7. The van der Waals surface area contributed by atoms with Crippen molar-refractivity contribution >= 4 is 29.0 Å². The molecule has 2 aliphatic heterocycles. The summed E-state index contributed by atoms with van der Waals surface area (Å²) < 4.78 is 15.8. The molecule has 1 saturated heterocycles. The first-order valence-corrected chi connectivity index (χ1v) is 6.61. The number of benzene rings is 1. The third kappa shape index (κ3) is 2.00. The van der Waals surface area contributed by atoms with Crippen molar-refractivity contribution in [3.8, 4) is 17.2 Å². The summed E-state index contributed by atoms with van der Waals surface area (Å²) >= 11 is 0.900. The first-order chi connectivity index (χ1) is 9.60. The Labute approximate surface area is 119 Å². The van der Waals surface area contributed by atoms with E-state index < -0.39 is 0 Å². The maximum absolute atomic E-state index is 11.9. The Morgan fingerprint density at radius 1 is 1.30 bits per heavy atom. The molecule has 7 heteroatoms. The molecule has 2 amide bonds. The van der Waals surface area contributed by atoms with E-state index in [-0.39, 0.29) is 17.9 Å². The van der Waals surface area contributed by atoms with Crippen LogP contribution >= 0.6 is 11.8 Å². The summed E-state index contributed by atoms with van der Waals surface area (Å²) in [5, 5.41) is -0.291. The molecule has 3 rings (SSSR count). The van der Waals surface area contributed by atoms with Crippen molar-refractivity contribution in [1.82, 2.24) is 4.90 Å². The highest BCUT2D eigenvalue weighted by Gasteiger charge is 2.32. The number of nitrogens with zero attached hydrogens (tertiary/aromatic N) is 1. The van der Waals surface area contributed by atoms with Crippen LogP contribution in [0.25, 0.3) is 6.08 Å². The first kappa shape index (κ1) is 12.9. The van der Waals surface area contributed by atoms with Gasteiger partial charge in [-0.05, 0) is 23.9 Å². The molecule has 2 aliphatic rings. The minimum absolute atomic E-state index is 0.160. The van der Waals surface area contributed by atoms with E-state index in [2.05, 4.69) is 0 Å². The number of imide groups is 1. The molecule has 2 heterocycles. The van der Waals surface area contributed by atoms with Crippen molar-refractivity contribution < 1.29 is 23.8 Å². The number of fused-ring (bicyclic) bond motifs is 1. The van der Waals surface area contributed by atoms with Crippen LogP contribution in [0.1, 0.15) is 5.56 Å². The highest BCUT2D eigenvalue weighted by atomic mass is 32.2. The minimum Gasteiger partial charge on any atom is -0.496 e. The van der Waals surface area contributed by atoms with Gasteiger partial charge in [0.05, 0.1) is 12.0 Å². The van der Waals surface area contributed by atoms with E-state index in [0.717, 1.165) is 16.7 Å². The predicted octanol–water partition coefficient (Wildman–Crippen LogP) is 2.09. The lowest BCUT2D eigenvalue weighted by Crippen LogP contribution is -2.22. The van der Waals surface area contributed by atoms with Gasteiger partial charge in [-0.1, -0.05) is 0 Å². The number of amides is 2. The molecule has 20 heavy (non-hydrogen) atoms. The van der Waals surface area contributed by atoms with E-state index in [4.69, 9.17) is 14.2 Å². The molecule has 0 saturated carbocycles. The molecule has 1 fully saturated rings. The van der Waals surface area contributed by atoms with Crippen LogP contribution in [0.5, 0.6) is 17.2 Å². The maximum atomic E-state index is 11.9. The summed E-state index contributed by atoms with van der Waals surface area (Å²) in [6.07, 6.45) is 1.62. The van der Waals surface area contributed by atoms with Crippen LogP contribution in [0, 0.1) is 0 Å². The van der Waals surface area contributed by atoms with Crippen LogP contribution in [0.3, 0.4) is 0 Å². The van der Waals surface area contributed by atoms with E-state index in [1.54, 1.807) is 18.2 Å². The summed E-state index contributed by atoms with van der Waals surface area (Å²) in [6, 6.07) is 3.43. The summed E-state index contributed by atoms with van der Waals surface area (Å²) in [6.45, 7) is 0.160. The van der Waals surface area contributed by atoms with Gasteiger partial charge in [0.1, 0.15) is 5.75 Å². The molecule has 1 aromatic carbocycles. The number of hydrogen-bond acceptors (Lipinski definition) is 6. The smallest absolute Gasteiger partial charge is 0.293 e. The van der Waals surface area contributed by atoms with Crippen LogP contribution in [0.2, 0.25) is 0 Å². The van der Waals surface area contributed by atoms with Crippen molar-refractivity contribution in [2.75, 3.05) is 21.0 Å². The fraction of sp³-hybridized carbons (Fsp3) is 0.231. The molecule has 0 unspecified atom stereocenters. The lowest BCUT2D eigenvalue weighted by Gasteiger charge is -2.07. The van der Waals surface area contributed by atoms with Gasteiger partial charge in [-0.15, -0.1) is 0 Å². The topological polar surface area (TPSA) is 65.1 Å². The molecule has 1 aromatic rings. The number of ether oxygens (including phenoxy) is 3. The molecule has 0 aromatic heterocycles. The van der Waals surface area contributed by atoms with Gasteiger partial charge >= 0.3 is 0 Å². The van der Waals surface area contributed by atoms with Gasteiger partial charge < -0.3 is 14.2 Å². The lowest BCUT2D eigenvalue weighted by molar-refractivity contribution is -0.121. The third-order valence-corrected chi connectivity index (χ3v) is 3.96. The van der Waals surface area contributed by atoms with Crippen LogP contribution in [0.4, 0.5) is 4.79 Å². The quantitative estimate of drug-likeness (QED) is 0.778. The Morgan fingerprint density at radius 2 is 2.00 bits per heavy atom. The maximum Gasteiger partial charge on any atom is 0.293 e. The molecule has 0 radical (unpaired) electrons. The van der Waals surface area contributed by atoms with Gasteiger partial charge in [0.15, 0.2) is 11.5 Å². The summed E-state index contributed by atoms with van der Waals surface area (Å²) in [5.41, 5.74) is 0.663. The summed E-state index contributed by atoms with van der Waals surface area (Å²) in [5.74, 6) is 1.42. The van der Waals surface area contributed by atoms with Crippen molar-refractivity contribution in [3.63, 3.8) is 0 Å². The normalized spacial score (nSPS) is 19.1. The van der Waals surface area contributed by atoms with E-state index in [0.29, 0.717) is 27.7 Å². The largest absolute Gasteiger partial charge is 0.496 e. The molecular formula is C13H11NO5S. The van der Waals surface area contributed by atoms with Crippen molar-refractivity contribution in [2.45, 2.75) is 0 Å². The molecule has 0 spiro atoms. The Morgan fingerprint density at radius 3 is 2.60 bits per heavy atom. The lowest BCUT2D eigenvalue weighted by atomic mass is 10.1. The van der Waals surface area contributed by atoms with Gasteiger partial charge in [0.25, 0.3) is 11.1 Å². The minimum atomic E-state index is -0.320. The van der Waals surface area contributed by atoms with Crippen LogP contribution in [0.15, 0.2) is 17.0 Å². The van der Waals surface area contributed by atoms with E-state index in [9.17, 15) is 9.59 Å². The van der Waals surface area contributed by atoms with Gasteiger partial charge in [-0.3, -0.25) is 14.5 Å². The van der Waals surface area contributed by atoms with Crippen molar-refractivity contribution in [1.29, 1.82) is 0 Å². The van der Waals surface area contributed by atoms with Gasteiger partial charge in [0.2, 0.25) is 6.79 Å². The standard InChI is InChI=1S/C13H11NO5S/c1-14-12(15)11(20-13(14)16)4-7-3-9-10(19-6-18-9)5-8(7)17-2/h3-5H,6H2,1-2H3/b11-4-. The van der Waals surface area contributed by atoms with Crippen LogP contribution in [-0.4, -0.2) is 37.0 Å². The molecular weight excluding hydrogens is 282 g/mol. The summed E-state index contributed by atoms with van der Waals surface area (Å²) in [7, 11) is 2.98. The average molecular weight is 293 g/mol. The monoisotopic (exact) mass is 293 g/mol. The summed E-state index contributed by atoms with van der Waals surface area (Å²) in [4.78, 5) is 24.8. The Bertz CT molecular complexity index is 640. The zero-order chi connectivity index (χ0) is 14.3. The fourth-order valence-corrected chi connectivity index (χ4v) is 2.73. The second-order valence-electron chi connectivity index (χ2n) is 4.19. The molecule has 0 N–H and O–H groups in total. The Kier molecular flexibility index (Phi) is 3.06. The van der Waals surface area contributed by atoms with Gasteiger partial charge in [-0.25, -0.2) is 0 Å². The van der Waals surface area contributed by atoms with E-state index >= 15 is 0 Å². The number of rotatable bonds is 2. The number of likely N-dealkylation sites (N-methyl/N-ethyl adjacent to an activating group) is 1.